The van der Waals surface area contributed by atoms with E-state index in [4.69, 9.17) is 0 Å². The van der Waals surface area contributed by atoms with Crippen molar-refractivity contribution in [2.45, 2.75) is 59.2 Å². The number of benzene rings is 2. The molecule has 0 saturated carbocycles. The van der Waals surface area contributed by atoms with Crippen molar-refractivity contribution in [1.29, 1.82) is 0 Å². The van der Waals surface area contributed by atoms with Crippen molar-refractivity contribution in [3.05, 3.63) is 95.1 Å². The molecule has 1 aliphatic heterocycles. The highest BCUT2D eigenvalue weighted by molar-refractivity contribution is 5.83. The Bertz CT molecular complexity index is 1750. The maximum Gasteiger partial charge on any atom is 0.229 e. The molecular formula is C34H37F2N7O. The topological polar surface area (TPSA) is 92.0 Å². The van der Waals surface area contributed by atoms with Crippen molar-refractivity contribution in [3.63, 3.8) is 0 Å². The van der Waals surface area contributed by atoms with Crippen molar-refractivity contribution in [3.8, 4) is 11.3 Å². The predicted octanol–water partition coefficient (Wildman–Crippen LogP) is 6.75. The molecule has 0 amide bonds. The van der Waals surface area contributed by atoms with Crippen LogP contribution >= 0.6 is 0 Å². The molecule has 0 spiro atoms. The number of aliphatic hydroxyl groups excluding tert-OH is 1. The molecule has 0 unspecified atom stereocenters. The molecule has 2 N–H and O–H groups in total. The fraction of sp³-hybridized carbons (Fsp3) is 0.353. The average Bonchev–Trinajstić information content (AvgIpc) is 3.37. The quantitative estimate of drug-likeness (QED) is 0.194. The maximum atomic E-state index is 15.0. The normalized spacial score (nSPS) is 14.5. The van der Waals surface area contributed by atoms with Crippen molar-refractivity contribution in [1.82, 2.24) is 29.4 Å². The molecule has 6 rings (SSSR count). The fourth-order valence-corrected chi connectivity index (χ4v) is 6.11. The van der Waals surface area contributed by atoms with E-state index in [-0.39, 0.29) is 29.8 Å². The summed E-state index contributed by atoms with van der Waals surface area (Å²) in [6, 6.07) is 15.1. The minimum atomic E-state index is -0.643. The Morgan fingerprint density at radius 3 is 2.32 bits per heavy atom. The van der Waals surface area contributed by atoms with Crippen LogP contribution in [0.5, 0.6) is 0 Å². The summed E-state index contributed by atoms with van der Waals surface area (Å²) in [4.78, 5) is 19.9. The number of aromatic nitrogens is 5. The van der Waals surface area contributed by atoms with Gasteiger partial charge in [-0.25, -0.2) is 28.7 Å². The highest BCUT2D eigenvalue weighted by Gasteiger charge is 2.21. The van der Waals surface area contributed by atoms with Gasteiger partial charge in [-0.2, -0.15) is 0 Å². The van der Waals surface area contributed by atoms with Crippen LogP contribution in [0.3, 0.4) is 0 Å². The van der Waals surface area contributed by atoms with Crippen molar-refractivity contribution < 1.29 is 13.9 Å². The third-order valence-electron chi connectivity index (χ3n) is 8.37. The Morgan fingerprint density at radius 1 is 0.909 bits per heavy atom. The summed E-state index contributed by atoms with van der Waals surface area (Å²) < 4.78 is 31.9. The largest absolute Gasteiger partial charge is 0.392 e. The Balaban J connectivity index is 1.09. The van der Waals surface area contributed by atoms with E-state index >= 15 is 4.39 Å². The van der Waals surface area contributed by atoms with Crippen LogP contribution in [-0.2, 0) is 19.6 Å². The fourth-order valence-electron chi connectivity index (χ4n) is 6.11. The van der Waals surface area contributed by atoms with E-state index < -0.39 is 11.6 Å². The molecule has 0 radical (unpaired) electrons. The number of hydrogen-bond donors (Lipinski definition) is 2. The van der Waals surface area contributed by atoms with Crippen LogP contribution in [-0.4, -0.2) is 47.6 Å². The van der Waals surface area contributed by atoms with Gasteiger partial charge >= 0.3 is 0 Å². The molecular weight excluding hydrogens is 560 g/mol. The molecule has 2 aromatic carbocycles. The summed E-state index contributed by atoms with van der Waals surface area (Å²) in [6.45, 7) is 8.94. The molecule has 3 aromatic heterocycles. The second-order valence-corrected chi connectivity index (χ2v) is 11.9. The molecule has 1 saturated heterocycles. The SMILES string of the molecule is Cc1nc2c(F)cc(-c3nc(Nc4ccc(CC5CCN(Cc6ccc(CO)cc6)CC5)cn4)ncc3F)cc2n1C(C)C. The molecule has 0 bridgehead atoms. The van der Waals surface area contributed by atoms with Crippen LogP contribution in [0.1, 0.15) is 55.2 Å². The van der Waals surface area contributed by atoms with Crippen molar-refractivity contribution in [2.24, 2.45) is 5.92 Å². The van der Waals surface area contributed by atoms with E-state index in [1.807, 2.05) is 55.8 Å². The van der Waals surface area contributed by atoms with Gasteiger partial charge in [0.2, 0.25) is 5.95 Å². The summed E-state index contributed by atoms with van der Waals surface area (Å²) in [6.07, 6.45) is 6.17. The number of nitrogens with zero attached hydrogens (tertiary/aromatic N) is 6. The van der Waals surface area contributed by atoms with E-state index in [2.05, 4.69) is 42.3 Å². The first-order chi connectivity index (χ1) is 21.3. The van der Waals surface area contributed by atoms with Gasteiger partial charge in [0.05, 0.1) is 18.3 Å². The summed E-state index contributed by atoms with van der Waals surface area (Å²) in [5, 5.41) is 12.3. The van der Waals surface area contributed by atoms with Crippen LogP contribution < -0.4 is 5.32 Å². The second-order valence-electron chi connectivity index (χ2n) is 11.9. The molecule has 1 fully saturated rings. The van der Waals surface area contributed by atoms with Crippen LogP contribution in [0.4, 0.5) is 20.5 Å². The molecule has 5 aromatic rings. The summed E-state index contributed by atoms with van der Waals surface area (Å²) in [5.74, 6) is 0.843. The molecule has 1 aliphatic rings. The standard InChI is InChI=1S/C34H37F2N7O/c1-21(2)43-22(3)39-33-28(35)15-27(16-30(33)43)32-29(36)18-38-34(41-32)40-31-9-8-26(17-37-31)14-23-10-12-42(13-11-23)19-24-4-6-25(20-44)7-5-24/h4-9,15-18,21,23,44H,10-14,19-20H2,1-3H3,(H,37,38,40,41). The number of fused-ring (bicyclic) bond motifs is 1. The van der Waals surface area contributed by atoms with Crippen LogP contribution in [0.15, 0.2) is 60.9 Å². The number of aryl methyl sites for hydroxylation is 1. The molecule has 0 atom stereocenters. The van der Waals surface area contributed by atoms with Crippen LogP contribution in [0.2, 0.25) is 0 Å². The van der Waals surface area contributed by atoms with E-state index in [9.17, 15) is 9.50 Å². The van der Waals surface area contributed by atoms with Gasteiger partial charge < -0.3 is 15.0 Å². The van der Waals surface area contributed by atoms with E-state index in [0.717, 1.165) is 56.2 Å². The van der Waals surface area contributed by atoms with Gasteiger partial charge in [-0.05, 0) is 93.9 Å². The summed E-state index contributed by atoms with van der Waals surface area (Å²) in [5.41, 5.74) is 4.54. The van der Waals surface area contributed by atoms with Gasteiger partial charge in [0.25, 0.3) is 0 Å². The summed E-state index contributed by atoms with van der Waals surface area (Å²) >= 11 is 0. The molecule has 0 aliphatic carbocycles. The molecule has 4 heterocycles. The van der Waals surface area contributed by atoms with Gasteiger partial charge in [0.1, 0.15) is 22.9 Å². The molecule has 10 heteroatoms. The molecule has 44 heavy (non-hydrogen) atoms. The van der Waals surface area contributed by atoms with Crippen LogP contribution in [0, 0.1) is 24.5 Å². The lowest BCUT2D eigenvalue weighted by atomic mass is 9.90. The lowest BCUT2D eigenvalue weighted by molar-refractivity contribution is 0.177. The lowest BCUT2D eigenvalue weighted by Gasteiger charge is -2.32. The first-order valence-corrected chi connectivity index (χ1v) is 15.1. The number of anilines is 2. The zero-order valence-electron chi connectivity index (χ0n) is 25.3. The van der Waals surface area contributed by atoms with E-state index in [1.165, 1.54) is 11.6 Å². The smallest absolute Gasteiger partial charge is 0.229 e. The first kappa shape index (κ1) is 29.8. The third kappa shape index (κ3) is 6.46. The summed E-state index contributed by atoms with van der Waals surface area (Å²) in [7, 11) is 0. The Kier molecular flexibility index (Phi) is 8.63. The lowest BCUT2D eigenvalue weighted by Crippen LogP contribution is -2.33. The Morgan fingerprint density at radius 2 is 1.64 bits per heavy atom. The minimum absolute atomic E-state index is 0.00240. The number of likely N-dealkylation sites (tertiary alicyclic amines) is 1. The number of halogens is 2. The minimum Gasteiger partial charge on any atom is -0.392 e. The van der Waals surface area contributed by atoms with Gasteiger partial charge in [-0.3, -0.25) is 4.90 Å². The number of nitrogens with one attached hydrogen (secondary N) is 1. The Labute approximate surface area is 255 Å². The number of pyridine rings is 1. The van der Waals surface area contributed by atoms with Crippen LogP contribution in [0.25, 0.3) is 22.3 Å². The van der Waals surface area contributed by atoms with Crippen molar-refractivity contribution in [2.75, 3.05) is 18.4 Å². The number of imidazole rings is 1. The molecule has 228 valence electrons. The van der Waals surface area contributed by atoms with E-state index in [1.54, 1.807) is 6.07 Å². The van der Waals surface area contributed by atoms with Gasteiger partial charge in [0.15, 0.2) is 11.6 Å². The maximum absolute atomic E-state index is 15.0. The number of rotatable bonds is 9. The van der Waals surface area contributed by atoms with Crippen molar-refractivity contribution >= 4 is 22.8 Å². The molecule has 8 nitrogen and oxygen atoms in total. The number of piperidine rings is 1. The highest BCUT2D eigenvalue weighted by Crippen LogP contribution is 2.30. The Hall–Kier alpha value is -4.28. The number of aliphatic hydroxyl groups is 1. The van der Waals surface area contributed by atoms with Gasteiger partial charge in [0, 0.05) is 24.3 Å². The second kappa shape index (κ2) is 12.8. The van der Waals surface area contributed by atoms with Gasteiger partial charge in [-0.15, -0.1) is 0 Å². The van der Waals surface area contributed by atoms with E-state index in [0.29, 0.717) is 28.6 Å². The monoisotopic (exact) mass is 597 g/mol. The zero-order valence-corrected chi connectivity index (χ0v) is 25.3. The predicted molar refractivity (Wildman–Crippen MR) is 167 cm³/mol. The highest BCUT2D eigenvalue weighted by atomic mass is 19.1. The zero-order chi connectivity index (χ0) is 30.8. The number of hydrogen-bond acceptors (Lipinski definition) is 7. The first-order valence-electron chi connectivity index (χ1n) is 15.1. The van der Waals surface area contributed by atoms with Gasteiger partial charge in [-0.1, -0.05) is 30.3 Å². The third-order valence-corrected chi connectivity index (χ3v) is 8.37. The average molecular weight is 598 g/mol.